The highest BCUT2D eigenvalue weighted by Crippen LogP contribution is 2.13. The van der Waals surface area contributed by atoms with E-state index in [0.29, 0.717) is 10.4 Å². The number of anilines is 1. The molecule has 0 fully saturated rings. The van der Waals surface area contributed by atoms with E-state index in [1.807, 2.05) is 25.1 Å². The van der Waals surface area contributed by atoms with E-state index >= 15 is 0 Å². The van der Waals surface area contributed by atoms with E-state index in [4.69, 9.17) is 0 Å². The molecule has 0 aliphatic heterocycles. The number of carbonyl (C=O) groups excluding carboxylic acids is 1. The van der Waals surface area contributed by atoms with Crippen molar-refractivity contribution in [3.05, 3.63) is 53.6 Å². The Bertz CT molecular complexity index is 949. The average Bonchev–Trinajstić information content (AvgIpc) is 2.49. The van der Waals surface area contributed by atoms with Crippen LogP contribution in [0.3, 0.4) is 0 Å². The van der Waals surface area contributed by atoms with Crippen LogP contribution in [0.25, 0.3) is 0 Å². The van der Waals surface area contributed by atoms with Crippen LogP contribution in [0.1, 0.15) is 19.4 Å². The van der Waals surface area contributed by atoms with Crippen molar-refractivity contribution in [1.82, 2.24) is 10.0 Å². The summed E-state index contributed by atoms with van der Waals surface area (Å²) in [4.78, 5) is 16.2. The van der Waals surface area contributed by atoms with Gasteiger partial charge in [-0.05, 0) is 44.5 Å². The molecule has 0 saturated carbocycles. The number of pyridine rings is 1. The number of benzene rings is 1. The van der Waals surface area contributed by atoms with Gasteiger partial charge in [0.25, 0.3) is 0 Å². The van der Waals surface area contributed by atoms with Crippen LogP contribution in [0.5, 0.6) is 0 Å². The number of nitrogens with zero attached hydrogens (tertiary/aromatic N) is 2. The van der Waals surface area contributed by atoms with Crippen molar-refractivity contribution in [1.29, 1.82) is 0 Å². The molecule has 9 heteroatoms. The summed E-state index contributed by atoms with van der Waals surface area (Å²) in [6.45, 7) is 5.21. The largest absolute Gasteiger partial charge is 0.429 e. The summed E-state index contributed by atoms with van der Waals surface area (Å²) >= 11 is 0. The van der Waals surface area contributed by atoms with Crippen LogP contribution in [0.4, 0.5) is 16.2 Å². The third kappa shape index (κ3) is 5.08. The van der Waals surface area contributed by atoms with Crippen molar-refractivity contribution >= 4 is 26.6 Å². The molecule has 0 aliphatic rings. The number of amides is 1. The fourth-order valence-corrected chi connectivity index (χ4v) is 2.93. The average molecular weight is 364 g/mol. The Kier molecular flexibility index (Phi) is 5.48. The number of sulfonamides is 1. The summed E-state index contributed by atoms with van der Waals surface area (Å²) in [7, 11) is -4.33. The molecule has 1 amide bonds. The van der Waals surface area contributed by atoms with Gasteiger partial charge in [-0.1, -0.05) is 12.1 Å². The van der Waals surface area contributed by atoms with Crippen molar-refractivity contribution in [3.8, 4) is 0 Å². The lowest BCUT2D eigenvalue weighted by molar-refractivity contribution is 0.184. The van der Waals surface area contributed by atoms with Crippen LogP contribution in [-0.4, -0.2) is 29.6 Å². The molecule has 0 atom stereocenters. The van der Waals surface area contributed by atoms with Crippen molar-refractivity contribution < 1.29 is 18.4 Å². The first-order valence-electron chi connectivity index (χ1n) is 7.53. The SMILES string of the molecule is Cc1cccc(N=c2ccn(O)cc2NS(=O)(=O)C(=O)NC(C)C)c1. The summed E-state index contributed by atoms with van der Waals surface area (Å²) < 4.78 is 27.1. The van der Waals surface area contributed by atoms with E-state index in [9.17, 15) is 18.4 Å². The minimum absolute atomic E-state index is 0.0228. The first-order valence-corrected chi connectivity index (χ1v) is 9.02. The number of nitrogens with one attached hydrogen (secondary N) is 2. The second-order valence-corrected chi connectivity index (χ2v) is 7.35. The minimum Gasteiger partial charge on any atom is -0.429 e. The number of carbonyl (C=O) groups is 1. The van der Waals surface area contributed by atoms with Crippen LogP contribution >= 0.6 is 0 Å². The zero-order valence-corrected chi connectivity index (χ0v) is 14.9. The fraction of sp³-hybridized carbons (Fsp3) is 0.250. The summed E-state index contributed by atoms with van der Waals surface area (Å²) in [5.74, 6) is 0. The molecular weight excluding hydrogens is 344 g/mol. The number of aromatic nitrogens is 1. The van der Waals surface area contributed by atoms with Gasteiger partial charge in [0.15, 0.2) is 0 Å². The fourth-order valence-electron chi connectivity index (χ4n) is 2.00. The highest BCUT2D eigenvalue weighted by atomic mass is 32.2. The van der Waals surface area contributed by atoms with Crippen molar-refractivity contribution in [2.75, 3.05) is 4.72 Å². The van der Waals surface area contributed by atoms with Gasteiger partial charge in [0, 0.05) is 12.2 Å². The first-order chi connectivity index (χ1) is 11.7. The minimum atomic E-state index is -4.33. The van der Waals surface area contributed by atoms with Gasteiger partial charge >= 0.3 is 15.3 Å². The number of aryl methyl sites for hydroxylation is 1. The van der Waals surface area contributed by atoms with Crippen molar-refractivity contribution in [2.24, 2.45) is 4.99 Å². The summed E-state index contributed by atoms with van der Waals surface area (Å²) in [5.41, 5.74) is 1.58. The van der Waals surface area contributed by atoms with Gasteiger partial charge < -0.3 is 10.5 Å². The monoisotopic (exact) mass is 364 g/mol. The van der Waals surface area contributed by atoms with Gasteiger partial charge in [-0.25, -0.2) is 4.99 Å². The Morgan fingerprint density at radius 2 is 2.00 bits per heavy atom. The van der Waals surface area contributed by atoms with E-state index < -0.39 is 15.3 Å². The Morgan fingerprint density at radius 3 is 2.64 bits per heavy atom. The maximum Gasteiger partial charge on any atom is 0.357 e. The Morgan fingerprint density at radius 1 is 1.28 bits per heavy atom. The van der Waals surface area contributed by atoms with Crippen molar-refractivity contribution in [3.63, 3.8) is 0 Å². The van der Waals surface area contributed by atoms with E-state index in [1.54, 1.807) is 19.9 Å². The second kappa shape index (κ2) is 7.39. The Labute approximate surface area is 145 Å². The highest BCUT2D eigenvalue weighted by molar-refractivity contribution is 8.07. The predicted molar refractivity (Wildman–Crippen MR) is 94.2 cm³/mol. The third-order valence-electron chi connectivity index (χ3n) is 3.07. The van der Waals surface area contributed by atoms with E-state index in [-0.39, 0.29) is 17.1 Å². The molecule has 2 aromatic rings. The van der Waals surface area contributed by atoms with Gasteiger partial charge in [0.05, 0.1) is 22.9 Å². The van der Waals surface area contributed by atoms with Crippen LogP contribution in [0, 0.1) is 6.92 Å². The molecule has 0 spiro atoms. The molecule has 0 radical (unpaired) electrons. The zero-order valence-electron chi connectivity index (χ0n) is 14.1. The van der Waals surface area contributed by atoms with Gasteiger partial charge in [-0.15, -0.1) is 0 Å². The molecule has 0 aliphatic carbocycles. The molecule has 0 unspecified atom stereocenters. The molecule has 2 rings (SSSR count). The lowest BCUT2D eigenvalue weighted by Crippen LogP contribution is -2.38. The molecule has 134 valence electrons. The third-order valence-corrected chi connectivity index (χ3v) is 4.16. The number of hydrogen-bond acceptors (Lipinski definition) is 5. The van der Waals surface area contributed by atoms with Crippen molar-refractivity contribution in [2.45, 2.75) is 26.8 Å². The van der Waals surface area contributed by atoms with Crippen LogP contribution in [0.2, 0.25) is 0 Å². The maximum atomic E-state index is 12.1. The quantitative estimate of drug-likeness (QED) is 0.721. The molecule has 25 heavy (non-hydrogen) atoms. The molecule has 1 aromatic carbocycles. The normalized spacial score (nSPS) is 12.2. The molecule has 0 saturated heterocycles. The summed E-state index contributed by atoms with van der Waals surface area (Å²) in [6, 6.07) is 8.41. The molecular formula is C16H20N4O4S. The predicted octanol–water partition coefficient (Wildman–Crippen LogP) is 2.13. The highest BCUT2D eigenvalue weighted by Gasteiger charge is 2.23. The standard InChI is InChI=1S/C16H20N4O4S/c1-11(2)17-16(21)25(23,24)19-15-10-20(22)8-7-14(15)18-13-6-4-5-12(3)9-13/h4-11,19,22H,1-3H3,(H,17,21). The second-order valence-electron chi connectivity index (χ2n) is 5.77. The van der Waals surface area contributed by atoms with Gasteiger partial charge in [-0.3, -0.25) is 9.52 Å². The van der Waals surface area contributed by atoms with E-state index in [0.717, 1.165) is 11.8 Å². The smallest absolute Gasteiger partial charge is 0.357 e. The molecule has 8 nitrogen and oxygen atoms in total. The lowest BCUT2D eigenvalue weighted by atomic mass is 10.2. The van der Waals surface area contributed by atoms with Gasteiger partial charge in [0.2, 0.25) is 0 Å². The first kappa shape index (κ1) is 18.5. The molecule has 1 aromatic heterocycles. The van der Waals surface area contributed by atoms with Crippen LogP contribution in [-0.2, 0) is 10.0 Å². The molecule has 3 N–H and O–H groups in total. The lowest BCUT2D eigenvalue weighted by Gasteiger charge is -2.11. The molecule has 1 heterocycles. The Hall–Kier alpha value is -2.81. The van der Waals surface area contributed by atoms with Gasteiger partial charge in [0.1, 0.15) is 0 Å². The topological polar surface area (TPSA) is 113 Å². The van der Waals surface area contributed by atoms with Crippen LogP contribution in [0.15, 0.2) is 47.7 Å². The summed E-state index contributed by atoms with van der Waals surface area (Å²) in [5, 5.41) is 11.0. The number of rotatable bonds is 4. The van der Waals surface area contributed by atoms with Crippen LogP contribution < -0.4 is 15.4 Å². The Balaban J connectivity index is 2.45. The summed E-state index contributed by atoms with van der Waals surface area (Å²) in [6.07, 6.45) is 2.43. The molecule has 0 bridgehead atoms. The maximum absolute atomic E-state index is 12.1. The van der Waals surface area contributed by atoms with Gasteiger partial charge in [-0.2, -0.15) is 13.1 Å². The van der Waals surface area contributed by atoms with E-state index in [2.05, 4.69) is 15.0 Å². The van der Waals surface area contributed by atoms with E-state index in [1.165, 1.54) is 12.3 Å². The zero-order chi connectivity index (χ0) is 18.6. The number of hydrogen-bond donors (Lipinski definition) is 3.